The van der Waals surface area contributed by atoms with Crippen molar-refractivity contribution in [3.8, 4) is 0 Å². The Bertz CT molecular complexity index is 126. The summed E-state index contributed by atoms with van der Waals surface area (Å²) in [6.45, 7) is 1.03. The molecule has 1 saturated carbocycles. The molecule has 2 rings (SSSR count). The van der Waals surface area contributed by atoms with Gasteiger partial charge in [-0.25, -0.2) is 0 Å². The fourth-order valence-electron chi connectivity index (χ4n) is 2.68. The molecule has 0 aromatic rings. The van der Waals surface area contributed by atoms with Crippen LogP contribution in [-0.2, 0) is 4.74 Å². The van der Waals surface area contributed by atoms with Crippen molar-refractivity contribution in [2.45, 2.75) is 63.4 Å². The van der Waals surface area contributed by atoms with E-state index in [1.54, 1.807) is 0 Å². The average molecular weight is 168 g/mol. The molecule has 0 aromatic carbocycles. The zero-order valence-electron chi connectivity index (χ0n) is 7.98. The molecule has 1 nitrogen and oxygen atoms in total. The van der Waals surface area contributed by atoms with Crippen LogP contribution in [0.2, 0.25) is 0 Å². The molecule has 1 aliphatic carbocycles. The van der Waals surface area contributed by atoms with E-state index in [1.165, 1.54) is 57.8 Å². The fraction of sp³-hybridized carbons (Fsp3) is 1.00. The van der Waals surface area contributed by atoms with Gasteiger partial charge in [0.2, 0.25) is 0 Å². The van der Waals surface area contributed by atoms with Crippen molar-refractivity contribution in [1.82, 2.24) is 0 Å². The van der Waals surface area contributed by atoms with Crippen LogP contribution in [0, 0.1) is 0 Å². The van der Waals surface area contributed by atoms with Crippen LogP contribution in [0.15, 0.2) is 0 Å². The molecular formula is C11H20O. The topological polar surface area (TPSA) is 9.23 Å². The lowest BCUT2D eigenvalue weighted by Crippen LogP contribution is -2.35. The molecule has 0 bridgehead atoms. The van der Waals surface area contributed by atoms with Gasteiger partial charge in [0.1, 0.15) is 0 Å². The lowest BCUT2D eigenvalue weighted by atomic mass is 9.87. The highest BCUT2D eigenvalue weighted by Crippen LogP contribution is 2.37. The summed E-state index contributed by atoms with van der Waals surface area (Å²) >= 11 is 0. The summed E-state index contributed by atoms with van der Waals surface area (Å²) in [4.78, 5) is 0. The SMILES string of the molecule is C1CCCC2(CC1)CCCCO2. The van der Waals surface area contributed by atoms with Gasteiger partial charge in [0.25, 0.3) is 0 Å². The Labute approximate surface area is 75.5 Å². The van der Waals surface area contributed by atoms with Crippen LogP contribution in [0.3, 0.4) is 0 Å². The van der Waals surface area contributed by atoms with Gasteiger partial charge >= 0.3 is 0 Å². The lowest BCUT2D eigenvalue weighted by molar-refractivity contribution is -0.0872. The molecule has 12 heavy (non-hydrogen) atoms. The molecule has 1 heteroatoms. The maximum atomic E-state index is 5.99. The summed E-state index contributed by atoms with van der Waals surface area (Å²) in [5.41, 5.74) is 0.342. The van der Waals surface area contributed by atoms with Crippen molar-refractivity contribution in [1.29, 1.82) is 0 Å². The predicted molar refractivity (Wildman–Crippen MR) is 50.2 cm³/mol. The van der Waals surface area contributed by atoms with Gasteiger partial charge in [0.15, 0.2) is 0 Å². The largest absolute Gasteiger partial charge is 0.375 e. The second-order valence-electron chi connectivity index (χ2n) is 4.40. The van der Waals surface area contributed by atoms with Crippen molar-refractivity contribution in [3.05, 3.63) is 0 Å². The Hall–Kier alpha value is -0.0400. The van der Waals surface area contributed by atoms with Gasteiger partial charge in [-0.05, 0) is 32.1 Å². The number of hydrogen-bond donors (Lipinski definition) is 0. The molecule has 0 amide bonds. The molecule has 0 aromatic heterocycles. The molecule has 2 aliphatic rings. The van der Waals surface area contributed by atoms with Crippen molar-refractivity contribution in [3.63, 3.8) is 0 Å². The molecule has 0 atom stereocenters. The molecule has 1 aliphatic heterocycles. The van der Waals surface area contributed by atoms with Gasteiger partial charge in [0, 0.05) is 6.61 Å². The summed E-state index contributed by atoms with van der Waals surface area (Å²) < 4.78 is 5.99. The minimum atomic E-state index is 0.342. The maximum Gasteiger partial charge on any atom is 0.0682 e. The average Bonchev–Trinajstić information content (AvgIpc) is 2.33. The first-order chi connectivity index (χ1) is 5.91. The number of hydrogen-bond acceptors (Lipinski definition) is 1. The summed E-state index contributed by atoms with van der Waals surface area (Å²) in [7, 11) is 0. The third-order valence-corrected chi connectivity index (χ3v) is 3.45. The normalized spacial score (nSPS) is 30.0. The molecule has 0 unspecified atom stereocenters. The highest BCUT2D eigenvalue weighted by Gasteiger charge is 2.33. The third kappa shape index (κ3) is 1.82. The van der Waals surface area contributed by atoms with E-state index in [-0.39, 0.29) is 0 Å². The lowest BCUT2D eigenvalue weighted by Gasteiger charge is -2.36. The van der Waals surface area contributed by atoms with Crippen molar-refractivity contribution in [2.24, 2.45) is 0 Å². The van der Waals surface area contributed by atoms with Gasteiger partial charge in [-0.2, -0.15) is 0 Å². The highest BCUT2D eigenvalue weighted by molar-refractivity contribution is 4.85. The monoisotopic (exact) mass is 168 g/mol. The summed E-state index contributed by atoms with van der Waals surface area (Å²) in [6, 6.07) is 0. The highest BCUT2D eigenvalue weighted by atomic mass is 16.5. The smallest absolute Gasteiger partial charge is 0.0682 e. The third-order valence-electron chi connectivity index (χ3n) is 3.45. The van der Waals surface area contributed by atoms with Crippen molar-refractivity contribution < 1.29 is 4.74 Å². The van der Waals surface area contributed by atoms with E-state index in [1.807, 2.05) is 0 Å². The molecule has 2 fully saturated rings. The van der Waals surface area contributed by atoms with Gasteiger partial charge in [-0.1, -0.05) is 25.7 Å². The van der Waals surface area contributed by atoms with E-state index >= 15 is 0 Å². The molecule has 0 N–H and O–H groups in total. The zero-order chi connectivity index (χ0) is 8.28. The van der Waals surface area contributed by atoms with Crippen LogP contribution < -0.4 is 0 Å². The maximum absolute atomic E-state index is 5.99. The molecular weight excluding hydrogens is 148 g/mol. The molecule has 70 valence electrons. The van der Waals surface area contributed by atoms with E-state index in [0.29, 0.717) is 5.60 Å². The molecule has 1 spiro atoms. The predicted octanol–water partition coefficient (Wildman–Crippen LogP) is 3.28. The van der Waals surface area contributed by atoms with Crippen LogP contribution in [0.1, 0.15) is 57.8 Å². The first kappa shape index (κ1) is 8.55. The first-order valence-corrected chi connectivity index (χ1v) is 5.55. The van der Waals surface area contributed by atoms with E-state index in [4.69, 9.17) is 4.74 Å². The van der Waals surface area contributed by atoms with Crippen LogP contribution in [0.25, 0.3) is 0 Å². The van der Waals surface area contributed by atoms with Gasteiger partial charge in [0.05, 0.1) is 5.60 Å². The minimum Gasteiger partial charge on any atom is -0.375 e. The second kappa shape index (κ2) is 3.78. The zero-order valence-corrected chi connectivity index (χ0v) is 7.98. The summed E-state index contributed by atoms with van der Waals surface area (Å²) in [6.07, 6.45) is 12.4. The van der Waals surface area contributed by atoms with Gasteiger partial charge in [-0.3, -0.25) is 0 Å². The second-order valence-corrected chi connectivity index (χ2v) is 4.40. The van der Waals surface area contributed by atoms with E-state index in [9.17, 15) is 0 Å². The van der Waals surface area contributed by atoms with Gasteiger partial charge in [-0.15, -0.1) is 0 Å². The number of rotatable bonds is 0. The van der Waals surface area contributed by atoms with Crippen molar-refractivity contribution >= 4 is 0 Å². The van der Waals surface area contributed by atoms with Crippen LogP contribution in [0.4, 0.5) is 0 Å². The van der Waals surface area contributed by atoms with E-state index in [2.05, 4.69) is 0 Å². The van der Waals surface area contributed by atoms with E-state index in [0.717, 1.165) is 6.61 Å². The van der Waals surface area contributed by atoms with Crippen molar-refractivity contribution in [2.75, 3.05) is 6.61 Å². The van der Waals surface area contributed by atoms with Gasteiger partial charge < -0.3 is 4.74 Å². The molecule has 0 radical (unpaired) electrons. The molecule has 1 saturated heterocycles. The number of ether oxygens (including phenoxy) is 1. The Morgan fingerprint density at radius 2 is 1.25 bits per heavy atom. The Kier molecular flexibility index (Phi) is 2.69. The quantitative estimate of drug-likeness (QED) is 0.539. The standard InChI is InChI=1S/C11H20O/c1-2-4-8-11(7-3-1)9-5-6-10-12-11/h1-10H2. The Balaban J connectivity index is 1.95. The Morgan fingerprint density at radius 3 is 1.83 bits per heavy atom. The van der Waals surface area contributed by atoms with Crippen LogP contribution >= 0.6 is 0 Å². The van der Waals surface area contributed by atoms with Crippen LogP contribution in [-0.4, -0.2) is 12.2 Å². The summed E-state index contributed by atoms with van der Waals surface area (Å²) in [5.74, 6) is 0. The minimum absolute atomic E-state index is 0.342. The van der Waals surface area contributed by atoms with E-state index < -0.39 is 0 Å². The summed E-state index contributed by atoms with van der Waals surface area (Å²) in [5, 5.41) is 0. The first-order valence-electron chi connectivity index (χ1n) is 5.55. The fourth-order valence-corrected chi connectivity index (χ4v) is 2.68. The van der Waals surface area contributed by atoms with Crippen LogP contribution in [0.5, 0.6) is 0 Å². The Morgan fingerprint density at radius 1 is 0.667 bits per heavy atom. The molecule has 1 heterocycles.